The molecule has 0 bridgehead atoms. The van der Waals surface area contributed by atoms with Crippen molar-refractivity contribution in [1.29, 1.82) is 0 Å². The second-order valence-electron chi connectivity index (χ2n) is 3.67. The highest BCUT2D eigenvalue weighted by molar-refractivity contribution is 6.35. The van der Waals surface area contributed by atoms with Gasteiger partial charge in [0.15, 0.2) is 0 Å². The Balaban J connectivity index is 2.83. The predicted octanol–water partition coefficient (Wildman–Crippen LogP) is 4.60. The Morgan fingerprint density at radius 2 is 2.22 bits per heavy atom. The summed E-state index contributed by atoms with van der Waals surface area (Å²) in [6.45, 7) is 0. The fraction of sp³-hybridized carbons (Fsp3) is 0.364. The molecule has 0 aliphatic rings. The number of aliphatic carboxylic acids is 1. The summed E-state index contributed by atoms with van der Waals surface area (Å²) in [5.74, 6) is -0.878. The predicted molar refractivity (Wildman–Crippen MR) is 69.8 cm³/mol. The average Bonchev–Trinajstić information content (AvgIpc) is 2.28. The van der Waals surface area contributed by atoms with E-state index in [-0.39, 0.29) is 6.42 Å². The molecule has 1 aromatic carbocycles. The molecule has 0 fully saturated rings. The van der Waals surface area contributed by atoms with Crippen LogP contribution in [-0.2, 0) is 4.79 Å². The standard InChI is InChI=1S/C11H11Cl2N3O2/c12-7-4-5-8(9(13)6-7)10(15-16-14)2-1-3-11(17)18/h4-6,10H,1-3H2,(H,17,18). The van der Waals surface area contributed by atoms with Gasteiger partial charge in [0.25, 0.3) is 0 Å². The van der Waals surface area contributed by atoms with E-state index in [1.54, 1.807) is 18.2 Å². The van der Waals surface area contributed by atoms with Crippen molar-refractivity contribution in [2.24, 2.45) is 5.11 Å². The molecule has 1 rings (SSSR count). The van der Waals surface area contributed by atoms with Crippen LogP contribution in [0.15, 0.2) is 23.3 Å². The normalized spacial score (nSPS) is 11.7. The van der Waals surface area contributed by atoms with Crippen molar-refractivity contribution in [3.05, 3.63) is 44.3 Å². The molecule has 1 unspecified atom stereocenters. The van der Waals surface area contributed by atoms with Crippen molar-refractivity contribution < 1.29 is 9.90 Å². The quantitative estimate of drug-likeness (QED) is 0.471. The number of hydrogen-bond acceptors (Lipinski definition) is 2. The zero-order chi connectivity index (χ0) is 13.5. The van der Waals surface area contributed by atoms with Crippen LogP contribution >= 0.6 is 23.2 Å². The van der Waals surface area contributed by atoms with Crippen molar-refractivity contribution in [1.82, 2.24) is 0 Å². The summed E-state index contributed by atoms with van der Waals surface area (Å²) in [6.07, 6.45) is 0.873. The van der Waals surface area contributed by atoms with E-state index in [0.717, 1.165) is 0 Å². The summed E-state index contributed by atoms with van der Waals surface area (Å²) >= 11 is 11.8. The molecule has 96 valence electrons. The minimum absolute atomic E-state index is 0.0304. The van der Waals surface area contributed by atoms with Gasteiger partial charge in [0.1, 0.15) is 0 Å². The van der Waals surface area contributed by atoms with Gasteiger partial charge in [-0.1, -0.05) is 34.4 Å². The van der Waals surface area contributed by atoms with Gasteiger partial charge in [-0.05, 0) is 36.1 Å². The number of azide groups is 1. The highest BCUT2D eigenvalue weighted by atomic mass is 35.5. The molecule has 7 heteroatoms. The van der Waals surface area contributed by atoms with Crippen LogP contribution in [0.25, 0.3) is 10.4 Å². The van der Waals surface area contributed by atoms with Crippen molar-refractivity contribution >= 4 is 29.2 Å². The Hall–Kier alpha value is -1.42. The zero-order valence-corrected chi connectivity index (χ0v) is 10.9. The topological polar surface area (TPSA) is 86.1 Å². The molecule has 0 aromatic heterocycles. The maximum atomic E-state index is 10.4. The first-order valence-corrected chi connectivity index (χ1v) is 6.01. The minimum Gasteiger partial charge on any atom is -0.481 e. The molecule has 1 atom stereocenters. The molecule has 5 nitrogen and oxygen atoms in total. The molecular weight excluding hydrogens is 277 g/mol. The van der Waals surface area contributed by atoms with Gasteiger partial charge < -0.3 is 5.11 Å². The molecule has 18 heavy (non-hydrogen) atoms. The lowest BCUT2D eigenvalue weighted by molar-refractivity contribution is -0.137. The van der Waals surface area contributed by atoms with Crippen LogP contribution in [0, 0.1) is 0 Å². The Morgan fingerprint density at radius 1 is 1.50 bits per heavy atom. The number of rotatable bonds is 6. The number of benzene rings is 1. The summed E-state index contributed by atoms with van der Waals surface area (Å²) < 4.78 is 0. The fourth-order valence-electron chi connectivity index (χ4n) is 1.56. The maximum absolute atomic E-state index is 10.4. The van der Waals surface area contributed by atoms with Gasteiger partial charge in [-0.25, -0.2) is 0 Å². The van der Waals surface area contributed by atoms with Crippen LogP contribution < -0.4 is 0 Å². The van der Waals surface area contributed by atoms with Gasteiger partial charge in [-0.15, -0.1) is 0 Å². The molecular formula is C11H11Cl2N3O2. The molecule has 0 radical (unpaired) electrons. The van der Waals surface area contributed by atoms with E-state index in [1.165, 1.54) is 0 Å². The number of halogens is 2. The number of hydrogen-bond donors (Lipinski definition) is 1. The summed E-state index contributed by atoms with van der Waals surface area (Å²) in [7, 11) is 0. The van der Waals surface area contributed by atoms with E-state index < -0.39 is 12.0 Å². The largest absolute Gasteiger partial charge is 0.481 e. The average molecular weight is 288 g/mol. The molecule has 0 saturated carbocycles. The second-order valence-corrected chi connectivity index (χ2v) is 4.52. The lowest BCUT2D eigenvalue weighted by atomic mass is 10.0. The monoisotopic (exact) mass is 287 g/mol. The molecule has 0 saturated heterocycles. The van der Waals surface area contributed by atoms with E-state index in [4.69, 9.17) is 33.8 Å². The van der Waals surface area contributed by atoms with Gasteiger partial charge >= 0.3 is 5.97 Å². The molecule has 0 amide bonds. The minimum atomic E-state index is -0.878. The van der Waals surface area contributed by atoms with Gasteiger partial charge in [0, 0.05) is 21.4 Å². The molecule has 1 N–H and O–H groups in total. The fourth-order valence-corrected chi connectivity index (χ4v) is 2.09. The number of carbonyl (C=O) groups is 1. The van der Waals surface area contributed by atoms with Crippen LogP contribution in [0.3, 0.4) is 0 Å². The van der Waals surface area contributed by atoms with Gasteiger partial charge in [-0.3, -0.25) is 4.79 Å². The Morgan fingerprint density at radius 3 is 2.78 bits per heavy atom. The SMILES string of the molecule is [N-]=[N+]=NC(CCCC(=O)O)c1ccc(Cl)cc1Cl. The number of carboxylic acids is 1. The van der Waals surface area contributed by atoms with Crippen LogP contribution in [0.4, 0.5) is 0 Å². The van der Waals surface area contributed by atoms with Gasteiger partial charge in [-0.2, -0.15) is 0 Å². The second kappa shape index (κ2) is 7.11. The van der Waals surface area contributed by atoms with Crippen LogP contribution in [0.1, 0.15) is 30.9 Å². The lowest BCUT2D eigenvalue weighted by Gasteiger charge is -2.12. The smallest absolute Gasteiger partial charge is 0.303 e. The first-order valence-electron chi connectivity index (χ1n) is 5.25. The molecule has 0 heterocycles. The third-order valence-electron chi connectivity index (χ3n) is 2.38. The first kappa shape index (κ1) is 14.6. The van der Waals surface area contributed by atoms with Crippen molar-refractivity contribution in [3.63, 3.8) is 0 Å². The van der Waals surface area contributed by atoms with Gasteiger partial charge in [0.2, 0.25) is 0 Å². The van der Waals surface area contributed by atoms with E-state index in [1.807, 2.05) is 0 Å². The molecule has 0 spiro atoms. The number of carboxylic acid groups (broad SMARTS) is 1. The van der Waals surface area contributed by atoms with Crippen LogP contribution in [0.5, 0.6) is 0 Å². The highest BCUT2D eigenvalue weighted by Gasteiger charge is 2.14. The molecule has 0 aliphatic heterocycles. The van der Waals surface area contributed by atoms with E-state index >= 15 is 0 Å². The van der Waals surface area contributed by atoms with Crippen LogP contribution in [-0.4, -0.2) is 11.1 Å². The molecule has 1 aromatic rings. The third kappa shape index (κ3) is 4.45. The Kier molecular flexibility index (Phi) is 5.78. The van der Waals surface area contributed by atoms with Crippen molar-refractivity contribution in [3.8, 4) is 0 Å². The number of nitrogens with zero attached hydrogens (tertiary/aromatic N) is 3. The highest BCUT2D eigenvalue weighted by Crippen LogP contribution is 2.31. The summed E-state index contributed by atoms with van der Waals surface area (Å²) in [5, 5.41) is 13.1. The zero-order valence-electron chi connectivity index (χ0n) is 9.38. The van der Waals surface area contributed by atoms with Crippen LogP contribution in [0.2, 0.25) is 10.0 Å². The summed E-state index contributed by atoms with van der Waals surface area (Å²) in [4.78, 5) is 13.2. The van der Waals surface area contributed by atoms with Crippen molar-refractivity contribution in [2.45, 2.75) is 25.3 Å². The first-order chi connectivity index (χ1) is 8.54. The van der Waals surface area contributed by atoms with E-state index in [0.29, 0.717) is 28.5 Å². The summed E-state index contributed by atoms with van der Waals surface area (Å²) in [6, 6.07) is 4.43. The van der Waals surface area contributed by atoms with E-state index in [9.17, 15) is 4.79 Å². The van der Waals surface area contributed by atoms with Gasteiger partial charge in [0.05, 0.1) is 6.04 Å². The lowest BCUT2D eigenvalue weighted by Crippen LogP contribution is -1.99. The van der Waals surface area contributed by atoms with Crippen molar-refractivity contribution in [2.75, 3.05) is 0 Å². The van der Waals surface area contributed by atoms with E-state index in [2.05, 4.69) is 10.0 Å². The third-order valence-corrected chi connectivity index (χ3v) is 2.94. The maximum Gasteiger partial charge on any atom is 0.303 e. The molecule has 0 aliphatic carbocycles. The Labute approximate surface area is 114 Å². The summed E-state index contributed by atoms with van der Waals surface area (Å²) in [5.41, 5.74) is 9.18. The Bertz CT molecular complexity index is 487.